The lowest BCUT2D eigenvalue weighted by Crippen LogP contribution is -2.52. The van der Waals surface area contributed by atoms with Crippen molar-refractivity contribution in [3.8, 4) is 11.1 Å². The van der Waals surface area contributed by atoms with Gasteiger partial charge in [-0.15, -0.1) is 0 Å². The molecule has 0 saturated carbocycles. The molecule has 0 bridgehead atoms. The fourth-order valence-corrected chi connectivity index (χ4v) is 5.95. The summed E-state index contributed by atoms with van der Waals surface area (Å²) in [4.78, 5) is 26.8. The van der Waals surface area contributed by atoms with Gasteiger partial charge in [0.2, 0.25) is 5.91 Å². The average molecular weight is 571 g/mol. The highest BCUT2D eigenvalue weighted by molar-refractivity contribution is 5.87. The predicted octanol–water partition coefficient (Wildman–Crippen LogP) is 6.01. The minimum absolute atomic E-state index is 0.0874. The molecule has 3 N–H and O–H groups in total. The van der Waals surface area contributed by atoms with Gasteiger partial charge in [-0.2, -0.15) is 0 Å². The normalized spacial score (nSPS) is 13.5. The Hall–Kier alpha value is -4.94. The lowest BCUT2D eigenvalue weighted by atomic mass is 9.98. The van der Waals surface area contributed by atoms with Crippen LogP contribution in [0.5, 0.6) is 0 Å². The molecule has 0 aromatic heterocycles. The molecule has 0 heterocycles. The van der Waals surface area contributed by atoms with Crippen LogP contribution in [0.4, 0.5) is 4.79 Å². The average Bonchev–Trinajstić information content (AvgIpc) is 3.37. The maximum absolute atomic E-state index is 13.6. The Kier molecular flexibility index (Phi) is 8.47. The highest BCUT2D eigenvalue weighted by atomic mass is 16.5. The van der Waals surface area contributed by atoms with E-state index in [1.807, 2.05) is 97.1 Å². The van der Waals surface area contributed by atoms with Gasteiger partial charge >= 0.3 is 6.09 Å². The number of aliphatic hydroxyl groups excluding tert-OH is 1. The van der Waals surface area contributed by atoms with Crippen LogP contribution in [0, 0.1) is 0 Å². The first-order valence-corrected chi connectivity index (χ1v) is 14.6. The fraction of sp³-hybridized carbons (Fsp3) is 0.189. The first kappa shape index (κ1) is 28.2. The van der Waals surface area contributed by atoms with E-state index < -0.39 is 18.2 Å². The van der Waals surface area contributed by atoms with E-state index in [2.05, 4.69) is 34.9 Å². The number of amides is 2. The van der Waals surface area contributed by atoms with Crippen molar-refractivity contribution < 1.29 is 19.4 Å². The van der Waals surface area contributed by atoms with Crippen molar-refractivity contribution in [3.05, 3.63) is 144 Å². The van der Waals surface area contributed by atoms with Crippen LogP contribution in [-0.2, 0) is 22.4 Å². The number of rotatable bonds is 10. The fourth-order valence-electron chi connectivity index (χ4n) is 5.95. The number of hydrogen-bond donors (Lipinski definition) is 3. The Labute approximate surface area is 251 Å². The molecule has 6 heteroatoms. The Morgan fingerprint density at radius 1 is 0.674 bits per heavy atom. The van der Waals surface area contributed by atoms with Crippen LogP contribution in [0.25, 0.3) is 21.9 Å². The van der Waals surface area contributed by atoms with Gasteiger partial charge in [-0.3, -0.25) is 4.79 Å². The summed E-state index contributed by atoms with van der Waals surface area (Å²) in [5.74, 6) is -0.466. The maximum atomic E-state index is 13.6. The topological polar surface area (TPSA) is 87.7 Å². The van der Waals surface area contributed by atoms with E-state index in [1.165, 1.54) is 0 Å². The van der Waals surface area contributed by atoms with Gasteiger partial charge in [-0.25, -0.2) is 4.79 Å². The van der Waals surface area contributed by atoms with E-state index in [9.17, 15) is 14.7 Å². The summed E-state index contributed by atoms with van der Waals surface area (Å²) >= 11 is 0. The molecule has 0 spiro atoms. The van der Waals surface area contributed by atoms with Gasteiger partial charge in [0.05, 0.1) is 12.6 Å². The Balaban J connectivity index is 1.18. The maximum Gasteiger partial charge on any atom is 0.407 e. The summed E-state index contributed by atoms with van der Waals surface area (Å²) in [7, 11) is 0. The Morgan fingerprint density at radius 3 is 2.00 bits per heavy atom. The van der Waals surface area contributed by atoms with Crippen molar-refractivity contribution in [2.75, 3.05) is 13.2 Å². The molecule has 6 nitrogen and oxygen atoms in total. The summed E-state index contributed by atoms with van der Waals surface area (Å²) in [5, 5.41) is 18.0. The van der Waals surface area contributed by atoms with Crippen LogP contribution in [0.3, 0.4) is 0 Å². The van der Waals surface area contributed by atoms with Gasteiger partial charge in [-0.1, -0.05) is 121 Å². The van der Waals surface area contributed by atoms with E-state index in [0.29, 0.717) is 6.42 Å². The molecule has 5 aromatic carbocycles. The lowest BCUT2D eigenvalue weighted by molar-refractivity contribution is -0.124. The van der Waals surface area contributed by atoms with Gasteiger partial charge in [0.25, 0.3) is 0 Å². The second kappa shape index (κ2) is 12.9. The van der Waals surface area contributed by atoms with Crippen molar-refractivity contribution >= 4 is 22.8 Å². The monoisotopic (exact) mass is 570 g/mol. The van der Waals surface area contributed by atoms with E-state index >= 15 is 0 Å². The third-order valence-corrected chi connectivity index (χ3v) is 8.10. The zero-order valence-corrected chi connectivity index (χ0v) is 23.8. The van der Waals surface area contributed by atoms with Crippen LogP contribution in [0.1, 0.15) is 28.2 Å². The molecule has 0 aliphatic heterocycles. The SMILES string of the molecule is O=C(N[C@@H](Cc1ccc2ccccc2c1)C(=O)N[C@@H](CO)Cc1ccccc1)OCC1c2ccccc2-c2ccccc21. The molecule has 1 aliphatic rings. The lowest BCUT2D eigenvalue weighted by Gasteiger charge is -2.23. The molecule has 1 aliphatic carbocycles. The zero-order chi connectivity index (χ0) is 29.6. The van der Waals surface area contributed by atoms with Crippen molar-refractivity contribution in [2.24, 2.45) is 0 Å². The molecule has 0 fully saturated rings. The smallest absolute Gasteiger partial charge is 0.407 e. The minimum Gasteiger partial charge on any atom is -0.449 e. The summed E-state index contributed by atoms with van der Waals surface area (Å²) in [5.41, 5.74) is 6.43. The van der Waals surface area contributed by atoms with E-state index in [1.54, 1.807) is 0 Å². The molecule has 0 saturated heterocycles. The quantitative estimate of drug-likeness (QED) is 0.192. The van der Waals surface area contributed by atoms with Crippen molar-refractivity contribution in [3.63, 3.8) is 0 Å². The molecule has 216 valence electrons. The summed E-state index contributed by atoms with van der Waals surface area (Å²) < 4.78 is 5.78. The van der Waals surface area contributed by atoms with Gasteiger partial charge in [0, 0.05) is 12.3 Å². The number of aliphatic hydroxyl groups is 1. The minimum atomic E-state index is -0.901. The highest BCUT2D eigenvalue weighted by Crippen LogP contribution is 2.44. The molecule has 2 atom stereocenters. The van der Waals surface area contributed by atoms with Crippen molar-refractivity contribution in [1.29, 1.82) is 0 Å². The zero-order valence-electron chi connectivity index (χ0n) is 23.8. The second-order valence-electron chi connectivity index (χ2n) is 11.0. The van der Waals surface area contributed by atoms with Crippen molar-refractivity contribution in [1.82, 2.24) is 10.6 Å². The third kappa shape index (κ3) is 6.45. The van der Waals surface area contributed by atoms with Crippen LogP contribution >= 0.6 is 0 Å². The van der Waals surface area contributed by atoms with E-state index in [-0.39, 0.29) is 31.5 Å². The first-order valence-electron chi connectivity index (χ1n) is 14.6. The van der Waals surface area contributed by atoms with Crippen LogP contribution in [-0.4, -0.2) is 42.4 Å². The molecule has 43 heavy (non-hydrogen) atoms. The number of fused-ring (bicyclic) bond motifs is 4. The van der Waals surface area contributed by atoms with Gasteiger partial charge < -0.3 is 20.5 Å². The van der Waals surface area contributed by atoms with Gasteiger partial charge in [0.15, 0.2) is 0 Å². The molecule has 5 aromatic rings. The molecule has 0 radical (unpaired) electrons. The number of ether oxygens (including phenoxy) is 1. The number of carbonyl (C=O) groups excluding carboxylic acids is 2. The van der Waals surface area contributed by atoms with Gasteiger partial charge in [0.1, 0.15) is 12.6 Å². The number of hydrogen-bond acceptors (Lipinski definition) is 4. The third-order valence-electron chi connectivity index (χ3n) is 8.10. The number of nitrogens with one attached hydrogen (secondary N) is 2. The number of carbonyl (C=O) groups is 2. The second-order valence-corrected chi connectivity index (χ2v) is 11.0. The Morgan fingerprint density at radius 2 is 1.30 bits per heavy atom. The summed E-state index contributed by atoms with van der Waals surface area (Å²) in [6.07, 6.45) is 0.0764. The molecular formula is C37H34N2O4. The van der Waals surface area contributed by atoms with E-state index in [0.717, 1.165) is 44.2 Å². The van der Waals surface area contributed by atoms with Crippen molar-refractivity contribution in [2.45, 2.75) is 30.8 Å². The highest BCUT2D eigenvalue weighted by Gasteiger charge is 2.30. The Bertz CT molecular complexity index is 1690. The van der Waals surface area contributed by atoms with Crippen LogP contribution < -0.4 is 10.6 Å². The number of benzene rings is 5. The standard InChI is InChI=1S/C37H34N2O4/c40-23-29(21-25-10-2-1-3-11-25)38-36(41)35(22-26-18-19-27-12-4-5-13-28(27)20-26)39-37(42)43-24-34-32-16-8-6-14-30(32)31-15-7-9-17-33(31)34/h1-20,29,34-35,40H,21-24H2,(H,38,41)(H,39,42)/t29-,35+/m1/s1. The van der Waals surface area contributed by atoms with Gasteiger partial charge in [-0.05, 0) is 50.6 Å². The van der Waals surface area contributed by atoms with Crippen LogP contribution in [0.15, 0.2) is 121 Å². The number of alkyl carbamates (subject to hydrolysis) is 1. The molecule has 2 amide bonds. The summed E-state index contributed by atoms with van der Waals surface area (Å²) in [6, 6.07) is 38.6. The van der Waals surface area contributed by atoms with Crippen LogP contribution in [0.2, 0.25) is 0 Å². The molecule has 0 unspecified atom stereocenters. The largest absolute Gasteiger partial charge is 0.449 e. The molecular weight excluding hydrogens is 536 g/mol. The molecule has 6 rings (SSSR count). The predicted molar refractivity (Wildman–Crippen MR) is 169 cm³/mol. The first-order chi connectivity index (χ1) is 21.1. The summed E-state index contributed by atoms with van der Waals surface area (Å²) in [6.45, 7) is -0.0777. The van der Waals surface area contributed by atoms with E-state index in [4.69, 9.17) is 4.74 Å².